The number of hydrogen-bond acceptors (Lipinski definition) is 3. The SMILES string of the molecule is COc1cccc(C(CC(=O)NC2CCC(N)CC2)c2cn(Cc3ccccc3)c3ccccc23)c1. The Bertz CT molecular complexity index is 1310. The number of rotatable bonds is 8. The van der Waals surface area contributed by atoms with Gasteiger partial charge in [0.1, 0.15) is 5.75 Å². The average Bonchev–Trinajstić information content (AvgIpc) is 3.27. The quantitative estimate of drug-likeness (QED) is 0.344. The van der Waals surface area contributed by atoms with Crippen LogP contribution in [-0.2, 0) is 11.3 Å². The number of carbonyl (C=O) groups excluding carboxylic acids is 1. The Kier molecular flexibility index (Phi) is 7.38. The summed E-state index contributed by atoms with van der Waals surface area (Å²) in [7, 11) is 1.68. The molecule has 1 heterocycles. The van der Waals surface area contributed by atoms with E-state index in [1.807, 2.05) is 18.2 Å². The standard InChI is InChI=1S/C31H35N3O2/c1-36-26-11-7-10-23(18-26)28(19-31(35)33-25-16-14-24(32)15-17-25)29-21-34(20-22-8-3-2-4-9-22)30-13-6-5-12-27(29)30/h2-13,18,21,24-25,28H,14-17,19-20,32H2,1H3,(H,33,35). The number of nitrogens with zero attached hydrogens (tertiary/aromatic N) is 1. The van der Waals surface area contributed by atoms with E-state index in [2.05, 4.69) is 76.7 Å². The van der Waals surface area contributed by atoms with Gasteiger partial charge >= 0.3 is 0 Å². The second-order valence-corrected chi connectivity index (χ2v) is 9.93. The number of nitrogens with one attached hydrogen (secondary N) is 1. The highest BCUT2D eigenvalue weighted by atomic mass is 16.5. The first-order chi connectivity index (χ1) is 17.6. The van der Waals surface area contributed by atoms with Gasteiger partial charge < -0.3 is 20.4 Å². The van der Waals surface area contributed by atoms with Crippen molar-refractivity contribution >= 4 is 16.8 Å². The summed E-state index contributed by atoms with van der Waals surface area (Å²) in [5.74, 6) is 0.795. The van der Waals surface area contributed by atoms with E-state index >= 15 is 0 Å². The van der Waals surface area contributed by atoms with Crippen LogP contribution in [0, 0.1) is 0 Å². The van der Waals surface area contributed by atoms with E-state index < -0.39 is 0 Å². The molecule has 3 N–H and O–H groups in total. The lowest BCUT2D eigenvalue weighted by atomic mass is 9.87. The second kappa shape index (κ2) is 11.0. The number of carbonyl (C=O) groups is 1. The highest BCUT2D eigenvalue weighted by Crippen LogP contribution is 2.36. The Morgan fingerprint density at radius 1 is 1.00 bits per heavy atom. The molecule has 186 valence electrons. The van der Waals surface area contributed by atoms with E-state index in [9.17, 15) is 4.79 Å². The molecule has 1 atom stereocenters. The van der Waals surface area contributed by atoms with Crippen LogP contribution in [-0.4, -0.2) is 29.7 Å². The summed E-state index contributed by atoms with van der Waals surface area (Å²) in [6.07, 6.45) is 6.46. The van der Waals surface area contributed by atoms with E-state index in [-0.39, 0.29) is 23.9 Å². The van der Waals surface area contributed by atoms with Crippen molar-refractivity contribution in [3.63, 3.8) is 0 Å². The van der Waals surface area contributed by atoms with Gasteiger partial charge in [-0.1, -0.05) is 60.7 Å². The fourth-order valence-corrected chi connectivity index (χ4v) is 5.46. The molecule has 36 heavy (non-hydrogen) atoms. The van der Waals surface area contributed by atoms with E-state index in [0.29, 0.717) is 6.42 Å². The number of ether oxygens (including phenoxy) is 1. The van der Waals surface area contributed by atoms with Gasteiger partial charge in [0.25, 0.3) is 0 Å². The van der Waals surface area contributed by atoms with E-state index in [1.54, 1.807) is 7.11 Å². The van der Waals surface area contributed by atoms with Gasteiger partial charge in [0.05, 0.1) is 7.11 Å². The molecule has 0 aliphatic heterocycles. The van der Waals surface area contributed by atoms with Crippen molar-refractivity contribution in [3.05, 3.63) is 102 Å². The fraction of sp³-hybridized carbons (Fsp3) is 0.323. The summed E-state index contributed by atoms with van der Waals surface area (Å²) < 4.78 is 7.83. The Morgan fingerprint density at radius 2 is 1.75 bits per heavy atom. The number of methoxy groups -OCH3 is 1. The zero-order chi connectivity index (χ0) is 24.9. The molecule has 0 bridgehead atoms. The summed E-state index contributed by atoms with van der Waals surface area (Å²) in [6, 6.07) is 27.6. The minimum Gasteiger partial charge on any atom is -0.497 e. The zero-order valence-electron chi connectivity index (χ0n) is 20.9. The maximum atomic E-state index is 13.4. The number of fused-ring (bicyclic) bond motifs is 1. The number of nitrogens with two attached hydrogens (primary N) is 1. The van der Waals surface area contributed by atoms with Crippen LogP contribution >= 0.6 is 0 Å². The molecule has 1 aliphatic rings. The molecule has 1 fully saturated rings. The molecular formula is C31H35N3O2. The van der Waals surface area contributed by atoms with Gasteiger partial charge in [-0.2, -0.15) is 0 Å². The molecule has 5 nitrogen and oxygen atoms in total. The molecule has 1 amide bonds. The average molecular weight is 482 g/mol. The second-order valence-electron chi connectivity index (χ2n) is 9.93. The van der Waals surface area contributed by atoms with Gasteiger partial charge in [-0.25, -0.2) is 0 Å². The number of amides is 1. The zero-order valence-corrected chi connectivity index (χ0v) is 20.9. The van der Waals surface area contributed by atoms with Crippen LogP contribution in [0.3, 0.4) is 0 Å². The summed E-state index contributed by atoms with van der Waals surface area (Å²) in [5, 5.41) is 4.48. The van der Waals surface area contributed by atoms with Crippen molar-refractivity contribution < 1.29 is 9.53 Å². The van der Waals surface area contributed by atoms with Crippen LogP contribution in [0.15, 0.2) is 85.1 Å². The van der Waals surface area contributed by atoms with Crippen LogP contribution < -0.4 is 15.8 Å². The summed E-state index contributed by atoms with van der Waals surface area (Å²) in [5.41, 5.74) is 10.7. The van der Waals surface area contributed by atoms with Crippen LogP contribution in [0.1, 0.15) is 54.7 Å². The Balaban J connectivity index is 1.50. The first-order valence-corrected chi connectivity index (χ1v) is 12.9. The predicted octanol–water partition coefficient (Wildman–Crippen LogP) is 5.61. The molecule has 1 saturated carbocycles. The maximum absolute atomic E-state index is 13.4. The third-order valence-electron chi connectivity index (χ3n) is 7.41. The highest BCUT2D eigenvalue weighted by Gasteiger charge is 2.26. The lowest BCUT2D eigenvalue weighted by molar-refractivity contribution is -0.122. The topological polar surface area (TPSA) is 69.3 Å². The fourth-order valence-electron chi connectivity index (χ4n) is 5.46. The van der Waals surface area contributed by atoms with Crippen LogP contribution in [0.25, 0.3) is 10.9 Å². The third kappa shape index (κ3) is 5.47. The first kappa shape index (κ1) is 24.1. The molecule has 0 spiro atoms. The van der Waals surface area contributed by atoms with Crippen LogP contribution in [0.5, 0.6) is 5.75 Å². The molecular weight excluding hydrogens is 446 g/mol. The molecule has 1 aromatic heterocycles. The van der Waals surface area contributed by atoms with Gasteiger partial charge in [0.2, 0.25) is 5.91 Å². The van der Waals surface area contributed by atoms with Crippen molar-refractivity contribution in [1.82, 2.24) is 9.88 Å². The molecule has 5 heteroatoms. The van der Waals surface area contributed by atoms with E-state index in [4.69, 9.17) is 10.5 Å². The van der Waals surface area contributed by atoms with Gasteiger partial charge in [-0.05, 0) is 60.6 Å². The molecule has 1 aliphatic carbocycles. The summed E-state index contributed by atoms with van der Waals surface area (Å²) in [4.78, 5) is 13.4. The normalized spacial score (nSPS) is 18.6. The van der Waals surface area contributed by atoms with Crippen LogP contribution in [0.2, 0.25) is 0 Å². The van der Waals surface area contributed by atoms with Gasteiger partial charge in [0.15, 0.2) is 0 Å². The first-order valence-electron chi connectivity index (χ1n) is 12.9. The van der Waals surface area contributed by atoms with Gasteiger partial charge in [0, 0.05) is 48.1 Å². The lowest BCUT2D eigenvalue weighted by Gasteiger charge is -2.27. The minimum absolute atomic E-state index is 0.0863. The largest absolute Gasteiger partial charge is 0.497 e. The smallest absolute Gasteiger partial charge is 0.221 e. The number of benzene rings is 3. The van der Waals surface area contributed by atoms with E-state index in [1.165, 1.54) is 16.5 Å². The highest BCUT2D eigenvalue weighted by molar-refractivity contribution is 5.87. The van der Waals surface area contributed by atoms with Gasteiger partial charge in [-0.15, -0.1) is 0 Å². The monoisotopic (exact) mass is 481 g/mol. The third-order valence-corrected chi connectivity index (χ3v) is 7.41. The van der Waals surface area contributed by atoms with E-state index in [0.717, 1.165) is 49.1 Å². The molecule has 4 aromatic rings. The summed E-state index contributed by atoms with van der Waals surface area (Å²) in [6.45, 7) is 0.778. The van der Waals surface area contributed by atoms with Crippen molar-refractivity contribution in [1.29, 1.82) is 0 Å². The number of hydrogen-bond donors (Lipinski definition) is 2. The Labute approximate surface area is 213 Å². The van der Waals surface area contributed by atoms with Crippen LogP contribution in [0.4, 0.5) is 0 Å². The maximum Gasteiger partial charge on any atom is 0.221 e. The van der Waals surface area contributed by atoms with Crippen molar-refractivity contribution in [2.24, 2.45) is 5.73 Å². The van der Waals surface area contributed by atoms with Gasteiger partial charge in [-0.3, -0.25) is 4.79 Å². The lowest BCUT2D eigenvalue weighted by Crippen LogP contribution is -2.40. The molecule has 5 rings (SSSR count). The molecule has 1 unspecified atom stereocenters. The van der Waals surface area contributed by atoms with Crippen molar-refractivity contribution in [2.45, 2.75) is 56.7 Å². The summed E-state index contributed by atoms with van der Waals surface area (Å²) >= 11 is 0. The van der Waals surface area contributed by atoms with Crippen molar-refractivity contribution in [3.8, 4) is 5.75 Å². The molecule has 3 aromatic carbocycles. The number of aromatic nitrogens is 1. The van der Waals surface area contributed by atoms with Crippen molar-refractivity contribution in [2.75, 3.05) is 7.11 Å². The minimum atomic E-state index is -0.0899. The molecule has 0 radical (unpaired) electrons. The Hall–Kier alpha value is -3.57. The Morgan fingerprint density at radius 3 is 2.53 bits per heavy atom. The predicted molar refractivity (Wildman–Crippen MR) is 145 cm³/mol. The molecule has 0 saturated heterocycles. The number of para-hydroxylation sites is 1.